The molecule has 4 nitrogen and oxygen atoms in total. The summed E-state index contributed by atoms with van der Waals surface area (Å²) in [5, 5.41) is 4.21. The van der Waals surface area contributed by atoms with Gasteiger partial charge in [-0.1, -0.05) is 0 Å². The Kier molecular flexibility index (Phi) is 1.90. The summed E-state index contributed by atoms with van der Waals surface area (Å²) in [5.74, 6) is 0. The van der Waals surface area contributed by atoms with Crippen LogP contribution in [0.5, 0.6) is 0 Å². The molecule has 4 N–H and O–H groups in total. The lowest BCUT2D eigenvalue weighted by Gasteiger charge is -2.02. The third-order valence-electron chi connectivity index (χ3n) is 2.14. The van der Waals surface area contributed by atoms with Crippen molar-refractivity contribution in [1.82, 2.24) is 9.97 Å². The highest BCUT2D eigenvalue weighted by Crippen LogP contribution is 2.23. The Hall–Kier alpha value is -1.55. The quantitative estimate of drug-likeness (QED) is 0.641. The van der Waals surface area contributed by atoms with E-state index in [-0.39, 0.29) is 0 Å². The number of nitrogens with two attached hydrogens (primary N) is 1. The predicted molar refractivity (Wildman–Crippen MR) is 53.5 cm³/mol. The first-order valence-electron chi connectivity index (χ1n) is 4.19. The van der Waals surface area contributed by atoms with E-state index < -0.39 is 0 Å². The lowest BCUT2D eigenvalue weighted by atomic mass is 10.2. The van der Waals surface area contributed by atoms with E-state index in [4.69, 9.17) is 5.73 Å². The van der Waals surface area contributed by atoms with Gasteiger partial charge in [-0.2, -0.15) is 0 Å². The zero-order valence-electron chi connectivity index (χ0n) is 7.46. The average Bonchev–Trinajstić information content (AvgIpc) is 2.60. The van der Waals surface area contributed by atoms with Gasteiger partial charge in [0.2, 0.25) is 0 Å². The number of pyridine rings is 1. The van der Waals surface area contributed by atoms with Crippen molar-refractivity contribution in [2.45, 2.75) is 6.54 Å². The van der Waals surface area contributed by atoms with Gasteiger partial charge in [0, 0.05) is 37.1 Å². The van der Waals surface area contributed by atoms with Crippen molar-refractivity contribution in [2.24, 2.45) is 5.73 Å². The third-order valence-corrected chi connectivity index (χ3v) is 2.14. The van der Waals surface area contributed by atoms with Crippen LogP contribution in [0.3, 0.4) is 0 Å². The standard InChI is InChI=1S/C9H12N4/c1-11-7-2-3-12-9-8(7)6(4-10)5-13-9/h2-3,5H,4,10H2,1H3,(H2,11,12,13). The molecule has 2 aromatic rings. The van der Waals surface area contributed by atoms with Crippen LogP contribution in [0, 0.1) is 0 Å². The van der Waals surface area contributed by atoms with Crippen LogP contribution in [-0.2, 0) is 6.54 Å². The molecule has 0 aliphatic rings. The predicted octanol–water partition coefficient (Wildman–Crippen LogP) is 1.06. The Balaban J connectivity index is 2.76. The van der Waals surface area contributed by atoms with E-state index >= 15 is 0 Å². The minimum Gasteiger partial charge on any atom is -0.387 e. The molecule has 4 heteroatoms. The molecule has 13 heavy (non-hydrogen) atoms. The van der Waals surface area contributed by atoms with Gasteiger partial charge in [-0.05, 0) is 11.6 Å². The smallest absolute Gasteiger partial charge is 0.139 e. The van der Waals surface area contributed by atoms with E-state index in [1.807, 2.05) is 19.3 Å². The van der Waals surface area contributed by atoms with Gasteiger partial charge in [-0.15, -0.1) is 0 Å². The second kappa shape index (κ2) is 3.06. The molecule has 0 aliphatic carbocycles. The Morgan fingerprint density at radius 2 is 2.46 bits per heavy atom. The Bertz CT molecular complexity index is 418. The normalized spacial score (nSPS) is 10.6. The summed E-state index contributed by atoms with van der Waals surface area (Å²) < 4.78 is 0. The molecule has 0 saturated heterocycles. The minimum absolute atomic E-state index is 0.528. The van der Waals surface area contributed by atoms with Crippen LogP contribution in [0.15, 0.2) is 18.5 Å². The van der Waals surface area contributed by atoms with E-state index in [9.17, 15) is 0 Å². The van der Waals surface area contributed by atoms with Gasteiger partial charge in [0.1, 0.15) is 5.65 Å². The van der Waals surface area contributed by atoms with Crippen molar-refractivity contribution in [3.8, 4) is 0 Å². The molecule has 0 bridgehead atoms. The molecule has 0 radical (unpaired) electrons. The highest BCUT2D eigenvalue weighted by molar-refractivity contribution is 5.92. The molecule has 0 fully saturated rings. The van der Waals surface area contributed by atoms with Crippen molar-refractivity contribution >= 4 is 16.7 Å². The van der Waals surface area contributed by atoms with Crippen LogP contribution >= 0.6 is 0 Å². The molecular weight excluding hydrogens is 164 g/mol. The van der Waals surface area contributed by atoms with Gasteiger partial charge >= 0.3 is 0 Å². The fourth-order valence-electron chi connectivity index (χ4n) is 1.49. The molecule has 68 valence electrons. The van der Waals surface area contributed by atoms with Gasteiger partial charge in [-0.3, -0.25) is 0 Å². The molecule has 0 aliphatic heterocycles. The van der Waals surface area contributed by atoms with E-state index in [0.29, 0.717) is 6.54 Å². The van der Waals surface area contributed by atoms with Gasteiger partial charge in [0.05, 0.1) is 0 Å². The van der Waals surface area contributed by atoms with Crippen LogP contribution < -0.4 is 11.1 Å². The lowest BCUT2D eigenvalue weighted by Crippen LogP contribution is -1.97. The monoisotopic (exact) mass is 176 g/mol. The zero-order chi connectivity index (χ0) is 9.26. The summed E-state index contributed by atoms with van der Waals surface area (Å²) >= 11 is 0. The number of fused-ring (bicyclic) bond motifs is 1. The number of nitrogens with zero attached hydrogens (tertiary/aromatic N) is 1. The molecule has 0 unspecified atom stereocenters. The molecule has 0 atom stereocenters. The summed E-state index contributed by atoms with van der Waals surface area (Å²) in [6, 6.07) is 1.94. The topological polar surface area (TPSA) is 66.7 Å². The molecule has 0 aromatic carbocycles. The summed E-state index contributed by atoms with van der Waals surface area (Å²) in [7, 11) is 1.89. The largest absolute Gasteiger partial charge is 0.387 e. The van der Waals surface area contributed by atoms with E-state index in [1.165, 1.54) is 0 Å². The Morgan fingerprint density at radius 3 is 3.15 bits per heavy atom. The van der Waals surface area contributed by atoms with Crippen molar-refractivity contribution in [3.63, 3.8) is 0 Å². The number of rotatable bonds is 2. The summed E-state index contributed by atoms with van der Waals surface area (Å²) in [6.45, 7) is 0.528. The number of nitrogens with one attached hydrogen (secondary N) is 2. The molecular formula is C9H12N4. The Labute approximate surface area is 76.2 Å². The zero-order valence-corrected chi connectivity index (χ0v) is 7.46. The molecule has 2 heterocycles. The fourth-order valence-corrected chi connectivity index (χ4v) is 1.49. The van der Waals surface area contributed by atoms with Crippen LogP contribution in [0.1, 0.15) is 5.56 Å². The maximum Gasteiger partial charge on any atom is 0.139 e. The van der Waals surface area contributed by atoms with Crippen molar-refractivity contribution in [3.05, 3.63) is 24.0 Å². The van der Waals surface area contributed by atoms with Gasteiger partial charge in [0.25, 0.3) is 0 Å². The highest BCUT2D eigenvalue weighted by atomic mass is 14.9. The van der Waals surface area contributed by atoms with Crippen LogP contribution in [-0.4, -0.2) is 17.0 Å². The lowest BCUT2D eigenvalue weighted by molar-refractivity contribution is 1.08. The van der Waals surface area contributed by atoms with Gasteiger partial charge in [-0.25, -0.2) is 4.98 Å². The number of aromatic nitrogens is 2. The molecule has 0 saturated carbocycles. The van der Waals surface area contributed by atoms with Gasteiger partial charge < -0.3 is 16.0 Å². The first-order valence-corrected chi connectivity index (χ1v) is 4.19. The second-order valence-electron chi connectivity index (χ2n) is 2.85. The first kappa shape index (κ1) is 8.07. The van der Waals surface area contributed by atoms with Crippen LogP contribution in [0.2, 0.25) is 0 Å². The maximum absolute atomic E-state index is 5.61. The van der Waals surface area contributed by atoms with Crippen molar-refractivity contribution < 1.29 is 0 Å². The van der Waals surface area contributed by atoms with Crippen molar-refractivity contribution in [1.29, 1.82) is 0 Å². The highest BCUT2D eigenvalue weighted by Gasteiger charge is 2.06. The van der Waals surface area contributed by atoms with E-state index in [1.54, 1.807) is 6.20 Å². The Morgan fingerprint density at radius 1 is 1.62 bits per heavy atom. The molecule has 0 spiro atoms. The summed E-state index contributed by atoms with van der Waals surface area (Å²) in [6.07, 6.45) is 3.67. The molecule has 2 aromatic heterocycles. The van der Waals surface area contributed by atoms with Crippen LogP contribution in [0.25, 0.3) is 11.0 Å². The maximum atomic E-state index is 5.61. The number of H-pyrrole nitrogens is 1. The van der Waals surface area contributed by atoms with E-state index in [2.05, 4.69) is 15.3 Å². The third kappa shape index (κ3) is 1.15. The molecule has 2 rings (SSSR count). The fraction of sp³-hybridized carbons (Fsp3) is 0.222. The van der Waals surface area contributed by atoms with E-state index in [0.717, 1.165) is 22.3 Å². The number of anilines is 1. The number of hydrogen-bond donors (Lipinski definition) is 3. The minimum atomic E-state index is 0.528. The number of aromatic amines is 1. The summed E-state index contributed by atoms with van der Waals surface area (Å²) in [5.41, 5.74) is 8.64. The first-order chi connectivity index (χ1) is 6.36. The average molecular weight is 176 g/mol. The van der Waals surface area contributed by atoms with Crippen molar-refractivity contribution in [2.75, 3.05) is 12.4 Å². The summed E-state index contributed by atoms with van der Waals surface area (Å²) in [4.78, 5) is 7.29. The van der Waals surface area contributed by atoms with Gasteiger partial charge in [0.15, 0.2) is 0 Å². The van der Waals surface area contributed by atoms with Crippen LogP contribution in [0.4, 0.5) is 5.69 Å². The SMILES string of the molecule is CNc1ccnc2[nH]cc(CN)c12. The molecule has 0 amide bonds. The number of hydrogen-bond acceptors (Lipinski definition) is 3. The second-order valence-corrected chi connectivity index (χ2v) is 2.85.